The summed E-state index contributed by atoms with van der Waals surface area (Å²) in [6.45, 7) is 5.91. The van der Waals surface area contributed by atoms with Gasteiger partial charge in [0.2, 0.25) is 0 Å². The molecule has 0 heterocycles. The van der Waals surface area contributed by atoms with Crippen molar-refractivity contribution in [1.29, 1.82) is 0 Å². The molecule has 2 saturated carbocycles. The van der Waals surface area contributed by atoms with Gasteiger partial charge >= 0.3 is 0 Å². The number of nitrogens with zero attached hydrogens (tertiary/aromatic N) is 1. The minimum atomic E-state index is 0.0636. The van der Waals surface area contributed by atoms with Gasteiger partial charge < -0.3 is 0 Å². The molecule has 0 unspecified atom stereocenters. The molecule has 0 radical (unpaired) electrons. The summed E-state index contributed by atoms with van der Waals surface area (Å²) >= 11 is 0. The van der Waals surface area contributed by atoms with E-state index in [1.807, 2.05) is 0 Å². The zero-order chi connectivity index (χ0) is 12.8. The van der Waals surface area contributed by atoms with Crippen LogP contribution in [0.15, 0.2) is 11.3 Å². The fourth-order valence-electron chi connectivity index (χ4n) is 3.80. The molecule has 1 nitrogen and oxygen atoms in total. The molecule has 2 heteroatoms. The molecule has 0 aromatic rings. The summed E-state index contributed by atoms with van der Waals surface area (Å²) in [5, 5.41) is 0. The monoisotopic (exact) mass is 265 g/mol. The van der Waals surface area contributed by atoms with Gasteiger partial charge in [0.05, 0.1) is 0 Å². The van der Waals surface area contributed by atoms with Gasteiger partial charge in [-0.3, -0.25) is 4.90 Å². The third kappa shape index (κ3) is 4.24. The summed E-state index contributed by atoms with van der Waals surface area (Å²) in [5.74, 6) is 0. The summed E-state index contributed by atoms with van der Waals surface area (Å²) in [6.07, 6.45) is 11.9. The smallest absolute Gasteiger partial charge is 0.0465 e. The van der Waals surface area contributed by atoms with Crippen molar-refractivity contribution in [1.82, 2.24) is 4.90 Å². The Kier molecular flexibility index (Phi) is 5.96. The first kappa shape index (κ1) is 14.3. The van der Waals surface area contributed by atoms with Crippen molar-refractivity contribution < 1.29 is 0 Å². The van der Waals surface area contributed by atoms with Gasteiger partial charge in [0, 0.05) is 21.6 Å². The van der Waals surface area contributed by atoms with Crippen molar-refractivity contribution in [2.45, 2.75) is 83.3 Å². The normalized spacial score (nSPS) is 22.6. The minimum absolute atomic E-state index is 0.0636. The van der Waals surface area contributed by atoms with Crippen LogP contribution in [0.25, 0.3) is 0 Å². The highest BCUT2D eigenvalue weighted by atomic mass is 28.2. The first-order valence-corrected chi connectivity index (χ1v) is 9.98. The predicted molar refractivity (Wildman–Crippen MR) is 84.0 cm³/mol. The molecule has 104 valence electrons. The standard InChI is InChI=1S/C16H31NSi/c1-14(2)13-18-12-11-17(15-7-3-4-8-15)16-9-5-6-10-16/h13,15-16H,3-12,18H2,1-2H3. The van der Waals surface area contributed by atoms with E-state index in [2.05, 4.69) is 24.4 Å². The largest absolute Gasteiger partial charge is 0.298 e. The Hall–Kier alpha value is -0.0831. The SMILES string of the molecule is CC(C)=C[SiH2]CCN(C1CCCC1)C1CCCC1. The molecule has 2 aliphatic rings. The van der Waals surface area contributed by atoms with E-state index in [9.17, 15) is 0 Å². The third-order valence-electron chi connectivity index (χ3n) is 4.76. The molecule has 2 fully saturated rings. The van der Waals surface area contributed by atoms with E-state index in [1.165, 1.54) is 69.5 Å². The van der Waals surface area contributed by atoms with Crippen LogP contribution in [0.2, 0.25) is 6.04 Å². The van der Waals surface area contributed by atoms with E-state index in [-0.39, 0.29) is 9.52 Å². The Morgan fingerprint density at radius 1 is 1.00 bits per heavy atom. The molecule has 0 aromatic heterocycles. The van der Waals surface area contributed by atoms with Gasteiger partial charge in [-0.25, -0.2) is 0 Å². The fraction of sp³-hybridized carbons (Fsp3) is 0.875. The first-order chi connectivity index (χ1) is 8.77. The Labute approximate surface area is 116 Å². The maximum atomic E-state index is 2.94. The summed E-state index contributed by atoms with van der Waals surface area (Å²) in [5.41, 5.74) is 4.08. The van der Waals surface area contributed by atoms with Crippen LogP contribution in [0.4, 0.5) is 0 Å². The van der Waals surface area contributed by atoms with E-state index >= 15 is 0 Å². The second kappa shape index (κ2) is 7.49. The highest BCUT2D eigenvalue weighted by Gasteiger charge is 2.29. The van der Waals surface area contributed by atoms with Crippen LogP contribution in [0.5, 0.6) is 0 Å². The Morgan fingerprint density at radius 3 is 1.94 bits per heavy atom. The molecule has 0 saturated heterocycles. The van der Waals surface area contributed by atoms with Crippen LogP contribution in [0, 0.1) is 0 Å². The molecular weight excluding hydrogens is 234 g/mol. The zero-order valence-corrected chi connectivity index (χ0v) is 13.9. The number of rotatable bonds is 6. The summed E-state index contributed by atoms with van der Waals surface area (Å²) in [4.78, 5) is 2.94. The third-order valence-corrected chi connectivity index (χ3v) is 6.59. The van der Waals surface area contributed by atoms with Crippen LogP contribution >= 0.6 is 0 Å². The molecule has 0 bridgehead atoms. The lowest BCUT2D eigenvalue weighted by atomic mass is 10.1. The number of allylic oxidation sites excluding steroid dienone is 1. The maximum Gasteiger partial charge on any atom is 0.0465 e. The summed E-state index contributed by atoms with van der Waals surface area (Å²) in [6, 6.07) is 3.40. The van der Waals surface area contributed by atoms with E-state index in [0.717, 1.165) is 12.1 Å². The van der Waals surface area contributed by atoms with Crippen molar-refractivity contribution in [2.75, 3.05) is 6.54 Å². The van der Waals surface area contributed by atoms with Gasteiger partial charge in [-0.15, -0.1) is 5.70 Å². The van der Waals surface area contributed by atoms with Crippen molar-refractivity contribution in [3.05, 3.63) is 11.3 Å². The van der Waals surface area contributed by atoms with Gasteiger partial charge in [0.25, 0.3) is 0 Å². The van der Waals surface area contributed by atoms with Crippen molar-refractivity contribution in [2.24, 2.45) is 0 Å². The molecule has 0 aliphatic heterocycles. The Bertz CT molecular complexity index is 242. The lowest BCUT2D eigenvalue weighted by Gasteiger charge is -2.34. The zero-order valence-electron chi connectivity index (χ0n) is 12.5. The molecule has 0 aromatic carbocycles. The molecule has 2 rings (SSSR count). The molecule has 0 N–H and O–H groups in total. The van der Waals surface area contributed by atoms with Gasteiger partial charge in [0.15, 0.2) is 0 Å². The second-order valence-electron chi connectivity index (χ2n) is 6.54. The van der Waals surface area contributed by atoms with E-state index in [1.54, 1.807) is 0 Å². The van der Waals surface area contributed by atoms with Crippen LogP contribution in [0.1, 0.15) is 65.2 Å². The quantitative estimate of drug-likeness (QED) is 0.523. The predicted octanol–water partition coefficient (Wildman–Crippen LogP) is 3.68. The van der Waals surface area contributed by atoms with Crippen molar-refractivity contribution >= 4 is 9.52 Å². The van der Waals surface area contributed by atoms with Crippen molar-refractivity contribution in [3.63, 3.8) is 0 Å². The highest BCUT2D eigenvalue weighted by molar-refractivity contribution is 6.42. The molecular formula is C16H31NSi. The van der Waals surface area contributed by atoms with E-state index in [0.29, 0.717) is 0 Å². The number of hydrogen-bond donors (Lipinski definition) is 0. The fourth-order valence-corrected chi connectivity index (χ4v) is 5.13. The van der Waals surface area contributed by atoms with Crippen LogP contribution in [-0.2, 0) is 0 Å². The average molecular weight is 266 g/mol. The topological polar surface area (TPSA) is 3.24 Å². The van der Waals surface area contributed by atoms with Gasteiger partial charge in [-0.1, -0.05) is 31.3 Å². The van der Waals surface area contributed by atoms with Crippen molar-refractivity contribution in [3.8, 4) is 0 Å². The molecule has 18 heavy (non-hydrogen) atoms. The Morgan fingerprint density at radius 2 is 1.50 bits per heavy atom. The van der Waals surface area contributed by atoms with Gasteiger partial charge in [-0.2, -0.15) is 0 Å². The summed E-state index contributed by atoms with van der Waals surface area (Å²) < 4.78 is 0. The number of hydrogen-bond acceptors (Lipinski definition) is 1. The summed E-state index contributed by atoms with van der Waals surface area (Å²) in [7, 11) is 0.0636. The molecule has 0 amide bonds. The van der Waals surface area contributed by atoms with Gasteiger partial charge in [-0.05, 0) is 52.1 Å². The maximum absolute atomic E-state index is 2.94. The Balaban J connectivity index is 1.81. The van der Waals surface area contributed by atoms with Crippen LogP contribution < -0.4 is 0 Å². The first-order valence-electron chi connectivity index (χ1n) is 8.16. The minimum Gasteiger partial charge on any atom is -0.298 e. The second-order valence-corrected chi connectivity index (χ2v) is 8.23. The molecule has 2 aliphatic carbocycles. The molecule has 0 spiro atoms. The van der Waals surface area contributed by atoms with E-state index in [4.69, 9.17) is 0 Å². The van der Waals surface area contributed by atoms with Gasteiger partial charge in [0.1, 0.15) is 0 Å². The van der Waals surface area contributed by atoms with Crippen LogP contribution in [0.3, 0.4) is 0 Å². The lowest BCUT2D eigenvalue weighted by molar-refractivity contribution is 0.145. The van der Waals surface area contributed by atoms with Crippen LogP contribution in [-0.4, -0.2) is 33.0 Å². The lowest BCUT2D eigenvalue weighted by Crippen LogP contribution is -2.41. The average Bonchev–Trinajstić information content (AvgIpc) is 3.01. The highest BCUT2D eigenvalue weighted by Crippen LogP contribution is 2.31. The molecule has 0 atom stereocenters. The van der Waals surface area contributed by atoms with E-state index < -0.39 is 0 Å².